The Balaban J connectivity index is 1.18. The summed E-state index contributed by atoms with van der Waals surface area (Å²) in [6.45, 7) is 5.42. The fourth-order valence-electron chi connectivity index (χ4n) is 9.90. The molecule has 3 saturated carbocycles. The molecule has 1 amide bonds. The summed E-state index contributed by atoms with van der Waals surface area (Å²) in [5.74, 6) is -0.101. The number of nitrogens with zero attached hydrogens (tertiary/aromatic N) is 1. The van der Waals surface area contributed by atoms with Gasteiger partial charge in [-0.05, 0) is 98.2 Å². The molecule has 10 heteroatoms. The fourth-order valence-corrected chi connectivity index (χ4v) is 9.90. The first kappa shape index (κ1) is 30.2. The molecule has 1 aliphatic heterocycles. The summed E-state index contributed by atoms with van der Waals surface area (Å²) in [5, 5.41) is 19.8. The van der Waals surface area contributed by atoms with Gasteiger partial charge in [-0.3, -0.25) is 4.79 Å². The van der Waals surface area contributed by atoms with Crippen LogP contribution in [0.2, 0.25) is 0 Å². The molecule has 1 saturated heterocycles. The third-order valence-electron chi connectivity index (χ3n) is 12.3. The van der Waals surface area contributed by atoms with Crippen LogP contribution in [-0.4, -0.2) is 58.2 Å². The Labute approximate surface area is 232 Å². The molecular formula is C30H43F6NO3. The number of likely N-dealkylation sites (tertiary alicyclic amines) is 1. The smallest absolute Gasteiger partial charge is 0.393 e. The first-order chi connectivity index (χ1) is 18.4. The van der Waals surface area contributed by atoms with E-state index in [-0.39, 0.29) is 29.3 Å². The van der Waals surface area contributed by atoms with Crippen LogP contribution in [0.4, 0.5) is 26.3 Å². The minimum Gasteiger partial charge on any atom is -0.393 e. The molecule has 4 nitrogen and oxygen atoms in total. The number of carbonyl (C=O) groups excluding carboxylic acids is 1. The lowest BCUT2D eigenvalue weighted by Crippen LogP contribution is -2.70. The maximum Gasteiger partial charge on any atom is 0.426 e. The summed E-state index contributed by atoms with van der Waals surface area (Å²) in [5.41, 5.74) is -3.05. The van der Waals surface area contributed by atoms with E-state index in [1.807, 2.05) is 0 Å². The minimum atomic E-state index is -5.86. The Morgan fingerprint density at radius 1 is 1.02 bits per heavy atom. The number of hydrogen-bond acceptors (Lipinski definition) is 3. The normalized spacial score (nSPS) is 39.5. The second kappa shape index (κ2) is 9.88. The van der Waals surface area contributed by atoms with Crippen molar-refractivity contribution in [2.75, 3.05) is 13.1 Å². The number of allylic oxidation sites excluding steroid dienone is 1. The fraction of sp³-hybridized carbons (Fsp3) is 0.900. The Morgan fingerprint density at radius 2 is 1.68 bits per heavy atom. The summed E-state index contributed by atoms with van der Waals surface area (Å²) in [7, 11) is 0. The van der Waals surface area contributed by atoms with Crippen LogP contribution in [0.1, 0.15) is 85.0 Å². The molecule has 5 aliphatic rings. The average Bonchev–Trinajstić information content (AvgIpc) is 3.18. The summed E-state index contributed by atoms with van der Waals surface area (Å²) in [6.07, 6.45) is -0.695. The van der Waals surface area contributed by atoms with Crippen molar-refractivity contribution in [3.05, 3.63) is 11.6 Å². The quantitative estimate of drug-likeness (QED) is 0.283. The maximum absolute atomic E-state index is 13.1. The molecule has 0 spiro atoms. The minimum absolute atomic E-state index is 0.0835. The number of amides is 1. The van der Waals surface area contributed by atoms with Crippen molar-refractivity contribution in [3.8, 4) is 0 Å². The SMILES string of the molecule is C[C@H](CCC(=O)N1CC(C(O)(C(F)(F)F)C(F)(F)F)C1)[C@H]1CC[C@H]2[C@@H]3CC=C4C[C@@H](O)CC[C@]4(C)[C@H]3CC[C@]12C. The predicted molar refractivity (Wildman–Crippen MR) is 137 cm³/mol. The molecule has 40 heavy (non-hydrogen) atoms. The van der Waals surface area contributed by atoms with Crippen molar-refractivity contribution >= 4 is 5.91 Å². The number of hydrogen-bond donors (Lipinski definition) is 2. The van der Waals surface area contributed by atoms with Gasteiger partial charge in [0.05, 0.1) is 6.10 Å². The van der Waals surface area contributed by atoms with Gasteiger partial charge < -0.3 is 15.1 Å². The van der Waals surface area contributed by atoms with E-state index in [0.29, 0.717) is 30.1 Å². The van der Waals surface area contributed by atoms with Crippen molar-refractivity contribution in [1.29, 1.82) is 0 Å². The van der Waals surface area contributed by atoms with Gasteiger partial charge in [-0.15, -0.1) is 0 Å². The zero-order valence-corrected chi connectivity index (χ0v) is 23.6. The van der Waals surface area contributed by atoms with Gasteiger partial charge in [0.15, 0.2) is 0 Å². The van der Waals surface area contributed by atoms with Gasteiger partial charge in [0.1, 0.15) is 0 Å². The third kappa shape index (κ3) is 4.53. The largest absolute Gasteiger partial charge is 0.426 e. The van der Waals surface area contributed by atoms with Crippen molar-refractivity contribution in [2.45, 2.75) is 109 Å². The van der Waals surface area contributed by atoms with Gasteiger partial charge in [0.2, 0.25) is 5.91 Å². The van der Waals surface area contributed by atoms with Crippen LogP contribution < -0.4 is 0 Å². The van der Waals surface area contributed by atoms with E-state index in [1.54, 1.807) is 0 Å². The van der Waals surface area contributed by atoms with E-state index in [2.05, 4.69) is 26.8 Å². The lowest BCUT2D eigenvalue weighted by molar-refractivity contribution is -0.392. The number of alkyl halides is 6. The van der Waals surface area contributed by atoms with Crippen molar-refractivity contribution in [2.24, 2.45) is 46.3 Å². The lowest BCUT2D eigenvalue weighted by Gasteiger charge is -2.58. The van der Waals surface area contributed by atoms with E-state index in [1.165, 1.54) is 5.57 Å². The standard InChI is InChI=1S/C30H43F6NO3/c1-17(4-9-25(39)37-15-19(16-37)28(40,29(31,32)33)30(34,35)36)22-7-8-23-21-6-5-18-14-20(38)10-12-26(18,2)24(21)11-13-27(22,23)3/h5,17,19-24,38,40H,4,6-16H2,1-3H3/t17-,20+,21+,22-,23+,24+,26+,27-/m1/s1. The zero-order chi connectivity index (χ0) is 29.5. The molecule has 0 bridgehead atoms. The number of aliphatic hydroxyl groups excluding tert-OH is 1. The number of aliphatic hydroxyl groups is 2. The molecule has 228 valence electrons. The van der Waals surface area contributed by atoms with Gasteiger partial charge in [0.25, 0.3) is 5.60 Å². The van der Waals surface area contributed by atoms with Gasteiger partial charge in [-0.1, -0.05) is 32.4 Å². The molecule has 4 aliphatic carbocycles. The summed E-state index contributed by atoms with van der Waals surface area (Å²) in [4.78, 5) is 13.7. The van der Waals surface area contributed by atoms with E-state index in [9.17, 15) is 41.4 Å². The van der Waals surface area contributed by atoms with Crippen LogP contribution >= 0.6 is 0 Å². The monoisotopic (exact) mass is 579 g/mol. The second-order valence-electron chi connectivity index (χ2n) is 14.2. The van der Waals surface area contributed by atoms with Crippen LogP contribution in [0.3, 0.4) is 0 Å². The van der Waals surface area contributed by atoms with Crippen LogP contribution in [0.25, 0.3) is 0 Å². The zero-order valence-electron chi connectivity index (χ0n) is 23.6. The topological polar surface area (TPSA) is 60.8 Å². The van der Waals surface area contributed by atoms with Gasteiger partial charge in [0, 0.05) is 25.4 Å². The van der Waals surface area contributed by atoms with Crippen LogP contribution in [-0.2, 0) is 4.79 Å². The number of halogens is 6. The van der Waals surface area contributed by atoms with Gasteiger partial charge in [-0.2, -0.15) is 26.3 Å². The number of rotatable bonds is 5. The maximum atomic E-state index is 13.1. The molecule has 1 heterocycles. The van der Waals surface area contributed by atoms with E-state index in [0.717, 1.165) is 56.3 Å². The second-order valence-corrected chi connectivity index (χ2v) is 14.2. The summed E-state index contributed by atoms with van der Waals surface area (Å²) < 4.78 is 78.8. The molecule has 0 aromatic carbocycles. The molecule has 2 N–H and O–H groups in total. The highest BCUT2D eigenvalue weighted by Crippen LogP contribution is 2.67. The van der Waals surface area contributed by atoms with Crippen LogP contribution in [0.15, 0.2) is 11.6 Å². The predicted octanol–water partition coefficient (Wildman–Crippen LogP) is 6.66. The average molecular weight is 580 g/mol. The third-order valence-corrected chi connectivity index (χ3v) is 12.3. The molecule has 0 radical (unpaired) electrons. The van der Waals surface area contributed by atoms with Crippen molar-refractivity contribution in [1.82, 2.24) is 4.90 Å². The van der Waals surface area contributed by atoms with Crippen LogP contribution in [0.5, 0.6) is 0 Å². The van der Waals surface area contributed by atoms with E-state index < -0.39 is 42.9 Å². The molecule has 4 fully saturated rings. The van der Waals surface area contributed by atoms with E-state index in [4.69, 9.17) is 0 Å². The Bertz CT molecular complexity index is 1010. The van der Waals surface area contributed by atoms with Gasteiger partial charge >= 0.3 is 12.4 Å². The molecule has 5 rings (SSSR count). The highest BCUT2D eigenvalue weighted by molar-refractivity contribution is 5.77. The molecular weight excluding hydrogens is 536 g/mol. The Kier molecular flexibility index (Phi) is 7.46. The molecule has 0 aromatic rings. The first-order valence-corrected chi connectivity index (χ1v) is 14.9. The Morgan fingerprint density at radius 3 is 2.30 bits per heavy atom. The Hall–Kier alpha value is -1.29. The van der Waals surface area contributed by atoms with E-state index >= 15 is 0 Å². The van der Waals surface area contributed by atoms with Crippen LogP contribution in [0, 0.1) is 46.3 Å². The van der Waals surface area contributed by atoms with Crippen molar-refractivity contribution < 1.29 is 41.4 Å². The molecule has 0 aromatic heterocycles. The number of fused-ring (bicyclic) bond motifs is 5. The molecule has 0 unspecified atom stereocenters. The molecule has 8 atom stereocenters. The highest BCUT2D eigenvalue weighted by Gasteiger charge is 2.75. The first-order valence-electron chi connectivity index (χ1n) is 14.9. The summed E-state index contributed by atoms with van der Waals surface area (Å²) in [6, 6.07) is 0. The highest BCUT2D eigenvalue weighted by atomic mass is 19.4. The van der Waals surface area contributed by atoms with Crippen molar-refractivity contribution in [3.63, 3.8) is 0 Å². The lowest BCUT2D eigenvalue weighted by atomic mass is 9.47. The van der Waals surface area contributed by atoms with Gasteiger partial charge in [-0.25, -0.2) is 0 Å². The number of carbonyl (C=O) groups is 1. The summed E-state index contributed by atoms with van der Waals surface area (Å²) >= 11 is 0.